The van der Waals surface area contributed by atoms with Crippen LogP contribution in [0.25, 0.3) is 22.6 Å². The number of aryl methyl sites for hydroxylation is 1. The molecule has 1 aliphatic rings. The van der Waals surface area contributed by atoms with Crippen molar-refractivity contribution in [1.82, 2.24) is 14.8 Å². The number of rotatable bonds is 4. The number of nitrogens with zero attached hydrogens (tertiary/aromatic N) is 4. The molecule has 6 nitrogen and oxygen atoms in total. The third-order valence-corrected chi connectivity index (χ3v) is 6.22. The van der Waals surface area contributed by atoms with Crippen LogP contribution in [0.4, 0.5) is 5.69 Å². The molecule has 4 aromatic rings. The van der Waals surface area contributed by atoms with Crippen molar-refractivity contribution in [3.8, 4) is 11.6 Å². The van der Waals surface area contributed by atoms with E-state index < -0.39 is 0 Å². The lowest BCUT2D eigenvalue weighted by molar-refractivity contribution is -0.116. The van der Waals surface area contributed by atoms with E-state index in [1.54, 1.807) is 0 Å². The Morgan fingerprint density at radius 3 is 2.86 bits per heavy atom. The minimum absolute atomic E-state index is 0.0930. The van der Waals surface area contributed by atoms with Gasteiger partial charge in [-0.2, -0.15) is 0 Å². The van der Waals surface area contributed by atoms with Crippen LogP contribution in [-0.4, -0.2) is 33.0 Å². The molecule has 1 aliphatic heterocycles. The lowest BCUT2D eigenvalue weighted by Crippen LogP contribution is -2.36. The van der Waals surface area contributed by atoms with Crippen LogP contribution in [0.3, 0.4) is 0 Å². The van der Waals surface area contributed by atoms with Gasteiger partial charge in [-0.15, -0.1) is 10.2 Å². The van der Waals surface area contributed by atoms with Gasteiger partial charge in [0, 0.05) is 24.7 Å². The van der Waals surface area contributed by atoms with Crippen LogP contribution in [0.2, 0.25) is 0 Å². The Bertz CT molecular complexity index is 1160. The van der Waals surface area contributed by atoms with Gasteiger partial charge >= 0.3 is 0 Å². The summed E-state index contributed by atoms with van der Waals surface area (Å²) in [5, 5.41) is 10.3. The smallest absolute Gasteiger partial charge is 0.237 e. The van der Waals surface area contributed by atoms with E-state index >= 15 is 0 Å². The number of fused-ring (bicyclic) bond motifs is 2. The molecule has 3 heterocycles. The Balaban J connectivity index is 1.33. The molecule has 146 valence electrons. The van der Waals surface area contributed by atoms with Crippen molar-refractivity contribution in [2.75, 3.05) is 17.2 Å². The highest BCUT2D eigenvalue weighted by Gasteiger charge is 2.23. The summed E-state index contributed by atoms with van der Waals surface area (Å²) in [5.41, 5.74) is 3.09. The van der Waals surface area contributed by atoms with Crippen LogP contribution in [0.1, 0.15) is 12.0 Å². The molecule has 2 aromatic heterocycles. The normalized spacial score (nSPS) is 13.6. The van der Waals surface area contributed by atoms with Crippen LogP contribution in [0, 0.1) is 0 Å². The Morgan fingerprint density at radius 2 is 1.97 bits per heavy atom. The van der Waals surface area contributed by atoms with Gasteiger partial charge < -0.3 is 13.9 Å². The lowest BCUT2D eigenvalue weighted by atomic mass is 10.0. The van der Waals surface area contributed by atoms with Gasteiger partial charge in [-0.3, -0.25) is 4.79 Å². The topological polar surface area (TPSA) is 64.2 Å². The number of hydrogen-bond acceptors (Lipinski definition) is 5. The Hall–Kier alpha value is -3.06. The monoisotopic (exact) mass is 404 g/mol. The zero-order valence-electron chi connectivity index (χ0n) is 16.0. The van der Waals surface area contributed by atoms with Gasteiger partial charge in [0.1, 0.15) is 5.58 Å². The zero-order valence-corrected chi connectivity index (χ0v) is 16.9. The average Bonchev–Trinajstić information content (AvgIpc) is 3.34. The van der Waals surface area contributed by atoms with E-state index in [-0.39, 0.29) is 5.91 Å². The maximum Gasteiger partial charge on any atom is 0.237 e. The summed E-state index contributed by atoms with van der Waals surface area (Å²) in [6.45, 7) is 0.763. The lowest BCUT2D eigenvalue weighted by Gasteiger charge is -2.29. The van der Waals surface area contributed by atoms with Crippen LogP contribution in [-0.2, 0) is 18.3 Å². The average molecular weight is 404 g/mol. The molecule has 29 heavy (non-hydrogen) atoms. The standard InChI is InChI=1S/C22H20N4O2S/c1-25-21(19-13-16-8-3-5-11-18(16)28-19)23-24-22(25)29-14-20(27)26-12-6-9-15-7-2-4-10-17(15)26/h2-5,7-8,10-11,13H,6,9,12,14H2,1H3. The molecule has 0 saturated heterocycles. The van der Waals surface area contributed by atoms with E-state index in [0.717, 1.165) is 36.0 Å². The molecule has 0 bridgehead atoms. The van der Waals surface area contributed by atoms with Gasteiger partial charge in [0.05, 0.1) is 5.75 Å². The van der Waals surface area contributed by atoms with E-state index in [9.17, 15) is 4.79 Å². The van der Waals surface area contributed by atoms with Gasteiger partial charge in [-0.25, -0.2) is 0 Å². The first-order valence-corrected chi connectivity index (χ1v) is 10.6. The minimum atomic E-state index is 0.0930. The molecule has 2 aromatic carbocycles. The fraction of sp³-hybridized carbons (Fsp3) is 0.227. The van der Waals surface area contributed by atoms with Crippen molar-refractivity contribution in [3.63, 3.8) is 0 Å². The highest BCUT2D eigenvalue weighted by atomic mass is 32.2. The maximum atomic E-state index is 12.9. The zero-order chi connectivity index (χ0) is 19.8. The van der Waals surface area contributed by atoms with E-state index in [0.29, 0.717) is 22.5 Å². The number of benzene rings is 2. The number of amides is 1. The summed E-state index contributed by atoms with van der Waals surface area (Å²) in [5.74, 6) is 1.74. The number of anilines is 1. The van der Waals surface area contributed by atoms with E-state index in [4.69, 9.17) is 4.42 Å². The quantitative estimate of drug-likeness (QED) is 0.475. The van der Waals surface area contributed by atoms with E-state index in [1.807, 2.05) is 65.0 Å². The molecule has 0 aliphatic carbocycles. The summed E-state index contributed by atoms with van der Waals surface area (Å²) in [4.78, 5) is 14.8. The molecular weight excluding hydrogens is 384 g/mol. The number of hydrogen-bond donors (Lipinski definition) is 0. The van der Waals surface area contributed by atoms with Gasteiger partial charge in [-0.1, -0.05) is 48.2 Å². The second-order valence-electron chi connectivity index (χ2n) is 7.08. The molecule has 0 atom stereocenters. The minimum Gasteiger partial charge on any atom is -0.453 e. The summed E-state index contributed by atoms with van der Waals surface area (Å²) in [7, 11) is 1.89. The number of aromatic nitrogens is 3. The van der Waals surface area contributed by atoms with Gasteiger partial charge in [0.15, 0.2) is 16.7 Å². The van der Waals surface area contributed by atoms with Crippen molar-refractivity contribution in [1.29, 1.82) is 0 Å². The van der Waals surface area contributed by atoms with Crippen LogP contribution in [0.15, 0.2) is 64.2 Å². The van der Waals surface area contributed by atoms with Crippen molar-refractivity contribution in [2.45, 2.75) is 18.0 Å². The number of para-hydroxylation sites is 2. The molecule has 0 N–H and O–H groups in total. The number of furan rings is 1. The fourth-order valence-corrected chi connectivity index (χ4v) is 4.53. The third-order valence-electron chi connectivity index (χ3n) is 5.22. The third kappa shape index (κ3) is 3.31. The summed E-state index contributed by atoms with van der Waals surface area (Å²) < 4.78 is 7.78. The largest absolute Gasteiger partial charge is 0.453 e. The number of thioether (sulfide) groups is 1. The van der Waals surface area contributed by atoms with Crippen molar-refractivity contribution in [3.05, 3.63) is 60.2 Å². The number of carbonyl (C=O) groups excluding carboxylic acids is 1. The molecule has 0 radical (unpaired) electrons. The Morgan fingerprint density at radius 1 is 1.14 bits per heavy atom. The summed E-state index contributed by atoms with van der Waals surface area (Å²) in [6.07, 6.45) is 2.02. The first kappa shape index (κ1) is 18.0. The van der Waals surface area contributed by atoms with Crippen molar-refractivity contribution >= 4 is 34.3 Å². The van der Waals surface area contributed by atoms with Crippen LogP contribution >= 0.6 is 11.8 Å². The van der Waals surface area contributed by atoms with Crippen LogP contribution < -0.4 is 4.90 Å². The van der Waals surface area contributed by atoms with Gasteiger partial charge in [0.2, 0.25) is 5.91 Å². The fourth-order valence-electron chi connectivity index (χ4n) is 3.74. The SMILES string of the molecule is Cn1c(SCC(=O)N2CCCc3ccccc32)nnc1-c1cc2ccccc2o1. The molecule has 1 amide bonds. The van der Waals surface area contributed by atoms with E-state index in [2.05, 4.69) is 16.3 Å². The van der Waals surface area contributed by atoms with Crippen molar-refractivity contribution < 1.29 is 9.21 Å². The van der Waals surface area contributed by atoms with Crippen LogP contribution in [0.5, 0.6) is 0 Å². The Kier molecular flexibility index (Phi) is 4.60. The highest BCUT2D eigenvalue weighted by Crippen LogP contribution is 2.30. The molecule has 0 unspecified atom stereocenters. The van der Waals surface area contributed by atoms with Gasteiger partial charge in [-0.05, 0) is 36.6 Å². The second-order valence-corrected chi connectivity index (χ2v) is 8.02. The predicted molar refractivity (Wildman–Crippen MR) is 114 cm³/mol. The predicted octanol–water partition coefficient (Wildman–Crippen LogP) is 4.30. The summed E-state index contributed by atoms with van der Waals surface area (Å²) in [6, 6.07) is 18.0. The first-order chi connectivity index (χ1) is 14.2. The second kappa shape index (κ2) is 7.40. The summed E-state index contributed by atoms with van der Waals surface area (Å²) >= 11 is 1.40. The molecule has 0 spiro atoms. The molecule has 0 saturated carbocycles. The van der Waals surface area contributed by atoms with E-state index in [1.165, 1.54) is 17.3 Å². The molecule has 0 fully saturated rings. The first-order valence-electron chi connectivity index (χ1n) is 9.60. The number of carbonyl (C=O) groups is 1. The van der Waals surface area contributed by atoms with Gasteiger partial charge in [0.25, 0.3) is 0 Å². The highest BCUT2D eigenvalue weighted by molar-refractivity contribution is 7.99. The molecular formula is C22H20N4O2S. The molecule has 7 heteroatoms. The molecule has 5 rings (SSSR count). The maximum absolute atomic E-state index is 12.9. The Labute approximate surface area is 172 Å². The van der Waals surface area contributed by atoms with Crippen molar-refractivity contribution in [2.24, 2.45) is 7.05 Å².